The average molecular weight is 296 g/mol. The van der Waals surface area contributed by atoms with Gasteiger partial charge in [0.1, 0.15) is 11.3 Å². The van der Waals surface area contributed by atoms with Crippen LogP contribution in [0.1, 0.15) is 49.4 Å². The Labute approximate surface area is 125 Å². The molecule has 0 N–H and O–H groups in total. The predicted molar refractivity (Wildman–Crippen MR) is 79.1 cm³/mol. The molecular weight excluding hydrogens is 274 g/mol. The number of aromatic nitrogens is 2. The molecule has 1 aliphatic carbocycles. The maximum atomic E-state index is 6.39. The van der Waals surface area contributed by atoms with Crippen LogP contribution in [0.25, 0.3) is 0 Å². The fourth-order valence-corrected chi connectivity index (χ4v) is 3.32. The van der Waals surface area contributed by atoms with Crippen molar-refractivity contribution in [1.29, 1.82) is 0 Å². The Morgan fingerprint density at radius 2 is 2.10 bits per heavy atom. The SMILES string of the molecule is CCN1CCOC(c2nc(Cl)c3c(n2)CCCCC3)C1. The average Bonchev–Trinajstić information content (AvgIpc) is 2.73. The number of halogens is 1. The summed E-state index contributed by atoms with van der Waals surface area (Å²) in [7, 11) is 0. The maximum absolute atomic E-state index is 6.39. The fraction of sp³-hybridized carbons (Fsp3) is 0.733. The summed E-state index contributed by atoms with van der Waals surface area (Å²) in [5.41, 5.74) is 2.31. The Hall–Kier alpha value is -0.710. The van der Waals surface area contributed by atoms with Crippen molar-refractivity contribution in [2.24, 2.45) is 0 Å². The second-order valence-corrected chi connectivity index (χ2v) is 5.97. The summed E-state index contributed by atoms with van der Waals surface area (Å²) in [5, 5.41) is 0.643. The molecule has 1 aromatic rings. The fourth-order valence-electron chi connectivity index (χ4n) is 3.03. The zero-order valence-corrected chi connectivity index (χ0v) is 12.8. The number of hydrogen-bond acceptors (Lipinski definition) is 4. The molecule has 4 nitrogen and oxygen atoms in total. The van der Waals surface area contributed by atoms with Crippen LogP contribution in [0.5, 0.6) is 0 Å². The molecule has 0 bridgehead atoms. The second kappa shape index (κ2) is 6.37. The molecule has 1 aliphatic heterocycles. The summed E-state index contributed by atoms with van der Waals surface area (Å²) in [4.78, 5) is 11.7. The van der Waals surface area contributed by atoms with Gasteiger partial charge in [-0.25, -0.2) is 9.97 Å². The van der Waals surface area contributed by atoms with Gasteiger partial charge in [-0.2, -0.15) is 0 Å². The minimum Gasteiger partial charge on any atom is -0.368 e. The Morgan fingerprint density at radius 1 is 1.25 bits per heavy atom. The number of ether oxygens (including phenoxy) is 1. The molecule has 5 heteroatoms. The van der Waals surface area contributed by atoms with Gasteiger partial charge in [0.05, 0.1) is 6.61 Å². The highest BCUT2D eigenvalue weighted by Crippen LogP contribution is 2.28. The highest BCUT2D eigenvalue weighted by molar-refractivity contribution is 6.30. The third-order valence-electron chi connectivity index (χ3n) is 4.29. The van der Waals surface area contributed by atoms with Crippen LogP contribution in [-0.2, 0) is 17.6 Å². The molecule has 110 valence electrons. The van der Waals surface area contributed by atoms with E-state index in [0.29, 0.717) is 5.15 Å². The van der Waals surface area contributed by atoms with Gasteiger partial charge in [0.15, 0.2) is 5.82 Å². The van der Waals surface area contributed by atoms with E-state index in [0.717, 1.165) is 56.2 Å². The summed E-state index contributed by atoms with van der Waals surface area (Å²) < 4.78 is 5.85. The highest BCUT2D eigenvalue weighted by atomic mass is 35.5. The van der Waals surface area contributed by atoms with E-state index in [2.05, 4.69) is 16.8 Å². The lowest BCUT2D eigenvalue weighted by Crippen LogP contribution is -2.38. The third-order valence-corrected chi connectivity index (χ3v) is 4.60. The smallest absolute Gasteiger partial charge is 0.160 e. The molecule has 1 aromatic heterocycles. The summed E-state index contributed by atoms with van der Waals surface area (Å²) in [6.07, 6.45) is 5.65. The van der Waals surface area contributed by atoms with Crippen molar-refractivity contribution in [3.05, 3.63) is 22.2 Å². The van der Waals surface area contributed by atoms with Crippen molar-refractivity contribution in [1.82, 2.24) is 14.9 Å². The first-order valence-electron chi connectivity index (χ1n) is 7.67. The minimum atomic E-state index is -0.0326. The molecule has 0 spiro atoms. The Bertz CT molecular complexity index is 480. The molecule has 0 amide bonds. The normalized spacial score (nSPS) is 24.2. The molecule has 2 heterocycles. The van der Waals surface area contributed by atoms with Gasteiger partial charge in [0.2, 0.25) is 0 Å². The van der Waals surface area contributed by atoms with Gasteiger partial charge < -0.3 is 4.74 Å². The van der Waals surface area contributed by atoms with Gasteiger partial charge in [-0.15, -0.1) is 0 Å². The second-order valence-electron chi connectivity index (χ2n) is 5.61. The van der Waals surface area contributed by atoms with Crippen LogP contribution < -0.4 is 0 Å². The predicted octanol–water partition coefficient (Wildman–Crippen LogP) is 2.79. The van der Waals surface area contributed by atoms with Gasteiger partial charge in [0, 0.05) is 24.3 Å². The van der Waals surface area contributed by atoms with Crippen LogP contribution in [-0.4, -0.2) is 41.1 Å². The monoisotopic (exact) mass is 295 g/mol. The molecule has 1 saturated heterocycles. The topological polar surface area (TPSA) is 38.2 Å². The van der Waals surface area contributed by atoms with E-state index >= 15 is 0 Å². The van der Waals surface area contributed by atoms with E-state index in [-0.39, 0.29) is 6.10 Å². The number of aryl methyl sites for hydroxylation is 1. The molecule has 2 aliphatic rings. The number of fused-ring (bicyclic) bond motifs is 1. The number of nitrogens with zero attached hydrogens (tertiary/aromatic N) is 3. The first-order valence-corrected chi connectivity index (χ1v) is 8.05. The van der Waals surface area contributed by atoms with E-state index in [9.17, 15) is 0 Å². The van der Waals surface area contributed by atoms with Gasteiger partial charge in [-0.3, -0.25) is 4.90 Å². The van der Waals surface area contributed by atoms with Gasteiger partial charge >= 0.3 is 0 Å². The van der Waals surface area contributed by atoms with E-state index in [1.54, 1.807) is 0 Å². The Morgan fingerprint density at radius 3 is 2.95 bits per heavy atom. The van der Waals surface area contributed by atoms with Crippen LogP contribution in [0.15, 0.2) is 0 Å². The van der Waals surface area contributed by atoms with Crippen molar-refractivity contribution in [3.8, 4) is 0 Å². The third kappa shape index (κ3) is 2.97. The molecule has 1 unspecified atom stereocenters. The Balaban J connectivity index is 1.86. The number of likely N-dealkylation sites (N-methyl/N-ethyl adjacent to an activating group) is 1. The number of hydrogen-bond donors (Lipinski definition) is 0. The molecular formula is C15H22ClN3O. The van der Waals surface area contributed by atoms with Gasteiger partial charge in [-0.1, -0.05) is 24.9 Å². The van der Waals surface area contributed by atoms with Crippen molar-refractivity contribution < 1.29 is 4.74 Å². The van der Waals surface area contributed by atoms with E-state index in [1.165, 1.54) is 19.3 Å². The highest BCUT2D eigenvalue weighted by Gasteiger charge is 2.25. The molecule has 0 aromatic carbocycles. The molecule has 0 saturated carbocycles. The van der Waals surface area contributed by atoms with Crippen molar-refractivity contribution in [2.45, 2.75) is 45.1 Å². The summed E-state index contributed by atoms with van der Waals surface area (Å²) in [5.74, 6) is 0.772. The molecule has 1 atom stereocenters. The van der Waals surface area contributed by atoms with E-state index in [1.807, 2.05) is 0 Å². The van der Waals surface area contributed by atoms with Crippen molar-refractivity contribution in [2.75, 3.05) is 26.2 Å². The Kier molecular flexibility index (Phi) is 4.54. The van der Waals surface area contributed by atoms with E-state index < -0.39 is 0 Å². The molecule has 3 rings (SSSR count). The summed E-state index contributed by atoms with van der Waals surface area (Å²) in [6, 6.07) is 0. The lowest BCUT2D eigenvalue weighted by atomic mass is 10.1. The summed E-state index contributed by atoms with van der Waals surface area (Å²) in [6.45, 7) is 5.82. The largest absolute Gasteiger partial charge is 0.368 e. The van der Waals surface area contributed by atoms with Crippen LogP contribution >= 0.6 is 11.6 Å². The quantitative estimate of drug-likeness (QED) is 0.621. The molecule has 1 fully saturated rings. The van der Waals surface area contributed by atoms with Crippen molar-refractivity contribution in [3.63, 3.8) is 0 Å². The first kappa shape index (κ1) is 14.2. The zero-order valence-electron chi connectivity index (χ0n) is 12.1. The minimum absolute atomic E-state index is 0.0326. The van der Waals surface area contributed by atoms with Crippen molar-refractivity contribution >= 4 is 11.6 Å². The van der Waals surface area contributed by atoms with Crippen LogP contribution in [0.4, 0.5) is 0 Å². The first-order chi connectivity index (χ1) is 9.78. The standard InChI is InChI=1S/C15H22ClN3O/c1-2-19-8-9-20-13(10-19)15-17-12-7-5-3-4-6-11(12)14(16)18-15/h13H,2-10H2,1H3. The van der Waals surface area contributed by atoms with E-state index in [4.69, 9.17) is 21.3 Å². The maximum Gasteiger partial charge on any atom is 0.160 e. The molecule has 0 radical (unpaired) electrons. The number of rotatable bonds is 2. The lowest BCUT2D eigenvalue weighted by Gasteiger charge is -2.31. The zero-order chi connectivity index (χ0) is 13.9. The van der Waals surface area contributed by atoms with Crippen LogP contribution in [0, 0.1) is 0 Å². The lowest BCUT2D eigenvalue weighted by molar-refractivity contribution is -0.0326. The van der Waals surface area contributed by atoms with Crippen LogP contribution in [0.2, 0.25) is 5.15 Å². The van der Waals surface area contributed by atoms with Crippen LogP contribution in [0.3, 0.4) is 0 Å². The molecule has 20 heavy (non-hydrogen) atoms. The summed E-state index contributed by atoms with van der Waals surface area (Å²) >= 11 is 6.39. The van der Waals surface area contributed by atoms with Gasteiger partial charge in [0.25, 0.3) is 0 Å². The van der Waals surface area contributed by atoms with Gasteiger partial charge in [-0.05, 0) is 32.2 Å². The number of morpholine rings is 1.